The lowest BCUT2D eigenvalue weighted by Gasteiger charge is -2.39. The van der Waals surface area contributed by atoms with Crippen LogP contribution in [0.1, 0.15) is 80.7 Å². The fourth-order valence-electron chi connectivity index (χ4n) is 4.81. The minimum absolute atomic E-state index is 0.00498. The van der Waals surface area contributed by atoms with E-state index in [1.807, 2.05) is 26.8 Å². The quantitative estimate of drug-likeness (QED) is 0.163. The van der Waals surface area contributed by atoms with Crippen LogP contribution in [-0.4, -0.2) is 47.2 Å². The Bertz CT molecular complexity index is 1090. The average Bonchev–Trinajstić information content (AvgIpc) is 3.23. The van der Waals surface area contributed by atoms with Crippen molar-refractivity contribution in [3.05, 3.63) is 35.4 Å². The number of carbonyl (C=O) groups excluding carboxylic acids is 1. The smallest absolute Gasteiger partial charge is 0.306 e. The van der Waals surface area contributed by atoms with E-state index < -0.39 is 22.4 Å². The average molecular weight is 591 g/mol. The Labute approximate surface area is 245 Å². The number of hydrogen-bond donors (Lipinski definition) is 0. The number of hydrogen-bond acceptors (Lipinski definition) is 6. The second-order valence-electron chi connectivity index (χ2n) is 15.0. The minimum atomic E-state index is -2.10. The van der Waals surface area contributed by atoms with Crippen molar-refractivity contribution in [2.75, 3.05) is 6.61 Å². The summed E-state index contributed by atoms with van der Waals surface area (Å²) in [6.45, 7) is 28.7. The highest BCUT2D eigenvalue weighted by Gasteiger charge is 2.50. The van der Waals surface area contributed by atoms with Gasteiger partial charge in [0, 0.05) is 6.42 Å². The molecule has 1 aromatic rings. The molecule has 1 heterocycles. The first-order valence-electron chi connectivity index (χ1n) is 14.8. The number of allylic oxidation sites excluding steroid dienone is 1. The van der Waals surface area contributed by atoms with Gasteiger partial charge in [-0.2, -0.15) is 0 Å². The zero-order valence-electron chi connectivity index (χ0n) is 27.3. The molecule has 1 aromatic carbocycles. The first kappa shape index (κ1) is 32.9. The van der Waals surface area contributed by atoms with Crippen molar-refractivity contribution >= 4 is 22.6 Å². The van der Waals surface area contributed by atoms with Gasteiger partial charge in [0.1, 0.15) is 17.6 Å². The highest BCUT2D eigenvalue weighted by atomic mass is 28.4. The summed E-state index contributed by atoms with van der Waals surface area (Å²) in [4.78, 5) is 12.8. The molecule has 0 unspecified atom stereocenters. The molecular weight excluding hydrogens is 537 g/mol. The Morgan fingerprint density at radius 1 is 0.975 bits per heavy atom. The van der Waals surface area contributed by atoms with Gasteiger partial charge in [0.25, 0.3) is 16.6 Å². The van der Waals surface area contributed by atoms with Gasteiger partial charge >= 0.3 is 5.97 Å². The van der Waals surface area contributed by atoms with E-state index in [9.17, 15) is 4.79 Å². The zero-order chi connectivity index (χ0) is 30.3. The van der Waals surface area contributed by atoms with Gasteiger partial charge in [-0.05, 0) is 92.6 Å². The van der Waals surface area contributed by atoms with E-state index >= 15 is 0 Å². The van der Waals surface area contributed by atoms with E-state index in [0.29, 0.717) is 19.4 Å². The first-order valence-corrected chi connectivity index (χ1v) is 20.7. The van der Waals surface area contributed by atoms with Crippen molar-refractivity contribution in [3.8, 4) is 11.5 Å². The highest BCUT2D eigenvalue weighted by Crippen LogP contribution is 2.46. The van der Waals surface area contributed by atoms with E-state index in [0.717, 1.165) is 29.1 Å². The van der Waals surface area contributed by atoms with Crippen LogP contribution in [0.15, 0.2) is 29.8 Å². The molecule has 2 aliphatic rings. The zero-order valence-corrected chi connectivity index (χ0v) is 29.3. The summed E-state index contributed by atoms with van der Waals surface area (Å²) in [7, 11) is -4.15. The molecule has 0 aromatic heterocycles. The van der Waals surface area contributed by atoms with E-state index in [4.69, 9.17) is 23.1 Å². The Kier molecular flexibility index (Phi) is 9.52. The molecule has 0 spiro atoms. The monoisotopic (exact) mass is 590 g/mol. The maximum Gasteiger partial charge on any atom is 0.306 e. The van der Waals surface area contributed by atoms with Crippen LogP contribution >= 0.6 is 0 Å². The van der Waals surface area contributed by atoms with Crippen LogP contribution in [0.3, 0.4) is 0 Å². The Balaban J connectivity index is 1.67. The molecule has 0 radical (unpaired) electrons. The molecule has 1 aliphatic heterocycles. The van der Waals surface area contributed by atoms with E-state index in [2.05, 4.69) is 85.9 Å². The van der Waals surface area contributed by atoms with Gasteiger partial charge in [-0.15, -0.1) is 0 Å². The SMILES string of the molecule is C/C=C1\[C@H](CC(=O)OCCc2ccc(O[Si](C)(C)C(C)(C)C)c(O[Si](C)(C)C(C)(C)C)c2)C[C@H]2OC(C)(C)O[C@@H]12. The highest BCUT2D eigenvalue weighted by molar-refractivity contribution is 6.75. The molecule has 226 valence electrons. The normalized spacial score (nSPS) is 24.2. The summed E-state index contributed by atoms with van der Waals surface area (Å²) in [5.41, 5.74) is 2.22. The molecule has 1 saturated carbocycles. The minimum Gasteiger partial charge on any atom is -0.541 e. The number of rotatable bonds is 9. The first-order chi connectivity index (χ1) is 18.2. The Morgan fingerprint density at radius 2 is 1.55 bits per heavy atom. The predicted molar refractivity (Wildman–Crippen MR) is 167 cm³/mol. The van der Waals surface area contributed by atoms with Crippen molar-refractivity contribution in [1.82, 2.24) is 0 Å². The largest absolute Gasteiger partial charge is 0.541 e. The van der Waals surface area contributed by atoms with Crippen LogP contribution in [0.5, 0.6) is 11.5 Å². The molecule has 3 rings (SSSR count). The molecule has 6 nitrogen and oxygen atoms in total. The Hall–Kier alpha value is -1.62. The van der Waals surface area contributed by atoms with Crippen LogP contribution in [0, 0.1) is 5.92 Å². The maximum absolute atomic E-state index is 12.8. The van der Waals surface area contributed by atoms with Crippen molar-refractivity contribution in [2.45, 2.75) is 136 Å². The molecule has 2 fully saturated rings. The van der Waals surface area contributed by atoms with Crippen molar-refractivity contribution < 1.29 is 27.9 Å². The number of ether oxygens (including phenoxy) is 3. The molecule has 1 saturated heterocycles. The lowest BCUT2D eigenvalue weighted by molar-refractivity contribution is -0.151. The number of esters is 1. The lowest BCUT2D eigenvalue weighted by atomic mass is 9.98. The third-order valence-electron chi connectivity index (χ3n) is 9.25. The summed E-state index contributed by atoms with van der Waals surface area (Å²) in [5.74, 6) is 0.959. The summed E-state index contributed by atoms with van der Waals surface area (Å²) in [6, 6.07) is 6.20. The van der Waals surface area contributed by atoms with E-state index in [1.54, 1.807) is 0 Å². The summed E-state index contributed by atoms with van der Waals surface area (Å²) in [6.07, 6.45) is 3.76. The van der Waals surface area contributed by atoms with Crippen molar-refractivity contribution in [3.63, 3.8) is 0 Å². The van der Waals surface area contributed by atoms with Crippen LogP contribution in [-0.2, 0) is 25.4 Å². The molecule has 0 N–H and O–H groups in total. The summed E-state index contributed by atoms with van der Waals surface area (Å²) in [5, 5.41) is 0.135. The van der Waals surface area contributed by atoms with Gasteiger partial charge in [-0.3, -0.25) is 4.79 Å². The van der Waals surface area contributed by atoms with Gasteiger partial charge in [0.05, 0.1) is 19.1 Å². The number of carbonyl (C=O) groups is 1. The standard InChI is InChI=1S/C32H54O6Si2/c1-14-24-23(20-27-29(24)36-32(8,9)35-27)21-28(33)34-18-17-22-15-16-25(37-39(10,11)30(2,3)4)26(19-22)38-40(12,13)31(5,6)7/h14-16,19,23,27,29H,17-18,20-21H2,1-13H3/b24-14+/t23-,27+,29-/m0/s1. The van der Waals surface area contributed by atoms with Gasteiger partial charge < -0.3 is 23.1 Å². The van der Waals surface area contributed by atoms with Crippen molar-refractivity contribution in [2.24, 2.45) is 5.92 Å². The van der Waals surface area contributed by atoms with Crippen LogP contribution in [0.25, 0.3) is 0 Å². The molecular formula is C32H54O6Si2. The fourth-order valence-corrected chi connectivity index (χ4v) is 6.85. The third kappa shape index (κ3) is 7.61. The van der Waals surface area contributed by atoms with Crippen LogP contribution < -0.4 is 8.85 Å². The second kappa shape index (κ2) is 11.6. The van der Waals surface area contributed by atoms with Crippen LogP contribution in [0.2, 0.25) is 36.3 Å². The molecule has 3 atom stereocenters. The molecule has 0 bridgehead atoms. The third-order valence-corrected chi connectivity index (χ3v) is 17.9. The number of benzene rings is 1. The second-order valence-corrected chi connectivity index (χ2v) is 24.4. The van der Waals surface area contributed by atoms with Gasteiger partial charge in [0.2, 0.25) is 0 Å². The topological polar surface area (TPSA) is 63.2 Å². The maximum atomic E-state index is 12.8. The van der Waals surface area contributed by atoms with Crippen LogP contribution in [0.4, 0.5) is 0 Å². The molecule has 0 amide bonds. The molecule has 8 heteroatoms. The lowest BCUT2D eigenvalue weighted by Crippen LogP contribution is -2.45. The van der Waals surface area contributed by atoms with Crippen molar-refractivity contribution in [1.29, 1.82) is 0 Å². The fraction of sp³-hybridized carbons (Fsp3) is 0.719. The summed E-state index contributed by atoms with van der Waals surface area (Å²) >= 11 is 0. The molecule has 1 aliphatic carbocycles. The number of fused-ring (bicyclic) bond motifs is 1. The predicted octanol–water partition coefficient (Wildman–Crippen LogP) is 8.42. The van der Waals surface area contributed by atoms with E-state index in [-0.39, 0.29) is 34.2 Å². The van der Waals surface area contributed by atoms with E-state index in [1.165, 1.54) is 0 Å². The van der Waals surface area contributed by atoms with Gasteiger partial charge in [-0.1, -0.05) is 53.7 Å². The Morgan fingerprint density at radius 3 is 2.10 bits per heavy atom. The molecule has 40 heavy (non-hydrogen) atoms. The van der Waals surface area contributed by atoms with Gasteiger partial charge in [-0.25, -0.2) is 0 Å². The van der Waals surface area contributed by atoms with Gasteiger partial charge in [0.15, 0.2) is 5.79 Å². The summed E-state index contributed by atoms with van der Waals surface area (Å²) < 4.78 is 31.4.